The number of rotatable bonds is 15. The third-order valence-electron chi connectivity index (χ3n) is 23.0. The number of nitrogens with zero attached hydrogens (tertiary/aromatic N) is 9. The van der Waals surface area contributed by atoms with Crippen LogP contribution in [-0.4, -0.2) is 271 Å². The van der Waals surface area contributed by atoms with Gasteiger partial charge in [0.1, 0.15) is 59.6 Å². The van der Waals surface area contributed by atoms with E-state index in [1.54, 1.807) is 19.9 Å². The number of halogens is 3. The van der Waals surface area contributed by atoms with Crippen LogP contribution in [0.1, 0.15) is 173 Å². The van der Waals surface area contributed by atoms with E-state index < -0.39 is 185 Å². The highest BCUT2D eigenvalue weighted by molar-refractivity contribution is 6.01. The molecule has 3 saturated carbocycles. The largest absolute Gasteiger partial charge is 0.496 e. The number of aryl methyl sites for hydroxylation is 1. The number of benzene rings is 2. The summed E-state index contributed by atoms with van der Waals surface area (Å²) in [6.07, 6.45) is 2.39. The predicted octanol–water partition coefficient (Wildman–Crippen LogP) is 5.96. The average Bonchev–Trinajstić information content (AvgIpc) is 1.62. The minimum absolute atomic E-state index is 0.00513. The van der Waals surface area contributed by atoms with Gasteiger partial charge in [0.2, 0.25) is 70.9 Å². The molecule has 3 aliphatic carbocycles. The van der Waals surface area contributed by atoms with E-state index in [1.807, 2.05) is 65.0 Å². The molecule has 0 radical (unpaired) electrons. The Morgan fingerprint density at radius 3 is 1.93 bits per heavy atom. The Balaban J connectivity index is 1.23. The van der Waals surface area contributed by atoms with Crippen molar-refractivity contribution in [2.75, 3.05) is 96.3 Å². The lowest BCUT2D eigenvalue weighted by atomic mass is 9.58. The summed E-state index contributed by atoms with van der Waals surface area (Å²) in [5.41, 5.74) is -1.18. The second-order valence-electron chi connectivity index (χ2n) is 32.6. The summed E-state index contributed by atoms with van der Waals surface area (Å²) in [6, 6.07) is 0.414. The molecule has 0 aromatic heterocycles. The van der Waals surface area contributed by atoms with Crippen molar-refractivity contribution in [1.82, 2.24) is 60.0 Å². The number of carbonyl (C=O) groups excluding carboxylic acids is 12. The predicted molar refractivity (Wildman–Crippen MR) is 401 cm³/mol. The number of hydrogen-bond acceptors (Lipinski definition) is 14. The lowest BCUT2D eigenvalue weighted by Gasteiger charge is -2.54. The van der Waals surface area contributed by atoms with Crippen LogP contribution in [0.3, 0.4) is 0 Å². The second kappa shape index (κ2) is 36.5. The first-order valence-corrected chi connectivity index (χ1v) is 38.7. The first-order valence-electron chi connectivity index (χ1n) is 38.7. The summed E-state index contributed by atoms with van der Waals surface area (Å²) in [5, 5.41) is 8.80. The van der Waals surface area contributed by atoms with E-state index in [9.17, 15) is 37.1 Å². The summed E-state index contributed by atoms with van der Waals surface area (Å²) in [4.78, 5) is 194. The molecule has 29 heteroatoms. The van der Waals surface area contributed by atoms with Gasteiger partial charge in [-0.3, -0.25) is 57.5 Å². The summed E-state index contributed by atoms with van der Waals surface area (Å²) in [7, 11) is 12.5. The van der Waals surface area contributed by atoms with Crippen molar-refractivity contribution < 1.29 is 80.2 Å². The van der Waals surface area contributed by atoms with Crippen molar-refractivity contribution in [2.45, 2.75) is 230 Å². The molecule has 8 rings (SSSR count). The number of nitrogens with one attached hydrogen (secondary N) is 3. The van der Waals surface area contributed by atoms with Gasteiger partial charge in [0.05, 0.1) is 38.3 Å². The van der Waals surface area contributed by atoms with Crippen molar-refractivity contribution in [3.63, 3.8) is 0 Å². The van der Waals surface area contributed by atoms with Crippen molar-refractivity contribution in [3.8, 4) is 5.75 Å². The monoisotopic (exact) mass is 1530 g/mol. The van der Waals surface area contributed by atoms with E-state index in [-0.39, 0.29) is 77.0 Å². The molecule has 10 atom stereocenters. The molecule has 602 valence electrons. The van der Waals surface area contributed by atoms with E-state index >= 15 is 33.6 Å². The van der Waals surface area contributed by atoms with Gasteiger partial charge in [-0.1, -0.05) is 103 Å². The molecule has 26 nitrogen and oxygen atoms in total. The van der Waals surface area contributed by atoms with Crippen molar-refractivity contribution >= 4 is 70.9 Å². The molecule has 3 aliphatic heterocycles. The lowest BCUT2D eigenvalue weighted by Crippen LogP contribution is -2.71. The number of fused-ring (bicyclic) bond motifs is 3. The molecule has 6 aliphatic rings. The fraction of sp³-hybridized carbons (Fsp3) is 0.675. The quantitative estimate of drug-likeness (QED) is 0.173. The van der Waals surface area contributed by atoms with Gasteiger partial charge in [-0.2, -0.15) is 13.2 Å². The van der Waals surface area contributed by atoms with Crippen LogP contribution >= 0.6 is 0 Å². The Labute approximate surface area is 640 Å². The molecule has 5 fully saturated rings. The third kappa shape index (κ3) is 20.7. The van der Waals surface area contributed by atoms with Crippen LogP contribution in [0.4, 0.5) is 13.2 Å². The molecule has 12 amide bonds. The maximum absolute atomic E-state index is 15.8. The Kier molecular flexibility index (Phi) is 28.8. The molecule has 109 heavy (non-hydrogen) atoms. The van der Waals surface area contributed by atoms with Gasteiger partial charge in [-0.15, -0.1) is 0 Å². The number of amides is 12. The topological polar surface area (TPSA) is 289 Å². The highest BCUT2D eigenvalue weighted by atomic mass is 19.4. The Bertz CT molecular complexity index is 3680. The molecule has 3 heterocycles. The van der Waals surface area contributed by atoms with E-state index in [1.165, 1.54) is 103 Å². The Hall–Kier alpha value is -8.63. The first kappa shape index (κ1) is 86.0. The van der Waals surface area contributed by atoms with Gasteiger partial charge >= 0.3 is 6.18 Å². The van der Waals surface area contributed by atoms with Crippen molar-refractivity contribution in [3.05, 3.63) is 76.9 Å². The molecule has 1 spiro atoms. The smallest absolute Gasteiger partial charge is 0.419 e. The zero-order chi connectivity index (χ0) is 80.5. The number of ether oxygens (including phenoxy) is 2. The SMILES string of the molecule is CCO[C@@H]1C[C@H]2C(=O)NC3(CC(C)(C)C3)C(=O)N(C)[C@@H](C3CCCC3)C(=O)N(C)[C@H](C(=O)N(C)C)CC(=O)N(C)[C@@H](CC(C)C)C(=O)N[C@@H]([C@@H](C)CC)C(=O)N(C)CC(=O)N(C)[C@H]3C/C=C\CCN(C3=O)[C@@H](Cc3ccc(C4CC4)cc3)C(=O)N(C)CC(=O)N[C@@H](CCc3ccc(C(F)(F)F)c(OC)c3)C(=O)N2C1. The molecule has 3 N–H and O–H groups in total. The zero-order valence-electron chi connectivity index (χ0n) is 66.6. The molecule has 2 aromatic carbocycles. The van der Waals surface area contributed by atoms with Crippen LogP contribution in [-0.2, 0) is 81.3 Å². The maximum Gasteiger partial charge on any atom is 0.419 e. The van der Waals surface area contributed by atoms with Gasteiger partial charge in [-0.05, 0) is 135 Å². The Morgan fingerprint density at radius 1 is 0.697 bits per heavy atom. The van der Waals surface area contributed by atoms with Crippen LogP contribution < -0.4 is 20.7 Å². The summed E-state index contributed by atoms with van der Waals surface area (Å²) in [6.45, 7) is 11.6. The summed E-state index contributed by atoms with van der Waals surface area (Å²) in [5.74, 6) is -9.59. The highest BCUT2D eigenvalue weighted by Crippen LogP contribution is 2.50. The molecule has 2 aromatic rings. The normalized spacial score (nSPS) is 26.9. The third-order valence-corrected chi connectivity index (χ3v) is 23.0. The summed E-state index contributed by atoms with van der Waals surface area (Å²) < 4.78 is 54.0. The van der Waals surface area contributed by atoms with E-state index in [2.05, 4.69) is 16.0 Å². The van der Waals surface area contributed by atoms with Crippen LogP contribution in [0.15, 0.2) is 54.6 Å². The summed E-state index contributed by atoms with van der Waals surface area (Å²) >= 11 is 0. The van der Waals surface area contributed by atoms with Crippen LogP contribution in [0, 0.1) is 23.2 Å². The number of hydrogen-bond donors (Lipinski definition) is 3. The van der Waals surface area contributed by atoms with Gasteiger partial charge < -0.3 is 69.5 Å². The molecule has 2 bridgehead atoms. The number of likely N-dealkylation sites (N-methyl/N-ethyl adjacent to an activating group) is 7. The van der Waals surface area contributed by atoms with Crippen LogP contribution in [0.25, 0.3) is 0 Å². The van der Waals surface area contributed by atoms with Crippen LogP contribution in [0.5, 0.6) is 5.75 Å². The molecule has 2 saturated heterocycles. The molecular formula is C80H117F3N12O14. The number of methoxy groups -OCH3 is 1. The maximum atomic E-state index is 15.8. The van der Waals surface area contributed by atoms with Crippen LogP contribution in [0.2, 0.25) is 0 Å². The fourth-order valence-corrected chi connectivity index (χ4v) is 16.6. The van der Waals surface area contributed by atoms with E-state index in [0.29, 0.717) is 55.6 Å². The average molecular weight is 1530 g/mol. The second-order valence-corrected chi connectivity index (χ2v) is 32.6. The lowest BCUT2D eigenvalue weighted by molar-refractivity contribution is -0.161. The van der Waals surface area contributed by atoms with E-state index in [4.69, 9.17) is 9.47 Å². The number of alkyl halides is 3. The van der Waals surface area contributed by atoms with Crippen molar-refractivity contribution in [1.29, 1.82) is 0 Å². The standard InChI is InChI=1S/C80H117F3N12O14/c1-17-49(5)67-75(105)89(11)45-66(98)90(12)58-26-20-19-23-37-94(74(58)104)62(39-50-27-31-52(32-28-50)53-33-34-53)73(103)88(10)44-64(96)84-57(36-30-51-29-35-56(80(81,82)83)63(40-51)108-16)71(101)95-43-55(109-18-2)41-60(95)70(100)86-79(46-78(6,7)47-79)77(107)93(15)68(54-24-21-22-25-54)76(106)92(14)61(72(102)87(8)9)42-65(97)91(13)59(38-48(3)4)69(99)85-67/h19-20,27-29,31-32,35,40,48-49,53-55,57-62,67-68H,17-18,21-26,30,33-34,36-39,41-47H2,1-16H3,(H,84,96)(H,85,99)(H,86,100)/b20-19-/t49-,55+,57-,58-,59-,60-,61-,62-,67-,68-/m0/s1. The van der Waals surface area contributed by atoms with Gasteiger partial charge in [0.25, 0.3) is 0 Å². The molecule has 0 unspecified atom stereocenters. The van der Waals surface area contributed by atoms with Gasteiger partial charge in [0, 0.05) is 88.9 Å². The minimum Gasteiger partial charge on any atom is -0.496 e. The highest BCUT2D eigenvalue weighted by Gasteiger charge is 2.59. The minimum atomic E-state index is -4.78. The van der Waals surface area contributed by atoms with Crippen molar-refractivity contribution in [2.24, 2.45) is 23.2 Å². The zero-order valence-corrected chi connectivity index (χ0v) is 66.6. The fourth-order valence-electron chi connectivity index (χ4n) is 16.6. The number of carbonyl (C=O) groups is 12. The first-order chi connectivity index (χ1) is 51.3. The molecular weight excluding hydrogens is 1410 g/mol. The van der Waals surface area contributed by atoms with E-state index in [0.717, 1.165) is 41.4 Å². The Morgan fingerprint density at radius 2 is 1.34 bits per heavy atom. The van der Waals surface area contributed by atoms with Gasteiger partial charge in [-0.25, -0.2) is 0 Å². The van der Waals surface area contributed by atoms with Gasteiger partial charge in [0.15, 0.2) is 0 Å².